The molecule has 0 atom stereocenters. The van der Waals surface area contributed by atoms with Crippen LogP contribution in [0.25, 0.3) is 0 Å². The maximum Gasteiger partial charge on any atom is 0.411 e. The molecule has 0 aliphatic carbocycles. The number of ether oxygens (including phenoxy) is 1. The van der Waals surface area contributed by atoms with Gasteiger partial charge in [-0.15, -0.1) is 0 Å². The average Bonchev–Trinajstić information content (AvgIpc) is 2.07. The van der Waals surface area contributed by atoms with Crippen LogP contribution in [0.1, 0.15) is 19.4 Å². The van der Waals surface area contributed by atoms with Gasteiger partial charge in [0.2, 0.25) is 0 Å². The predicted octanol–water partition coefficient (Wildman–Crippen LogP) is 2.95. The van der Waals surface area contributed by atoms with E-state index in [0.717, 1.165) is 11.3 Å². The molecule has 0 aliphatic heterocycles. The van der Waals surface area contributed by atoms with Crippen molar-refractivity contribution in [2.75, 3.05) is 5.32 Å². The molecule has 1 aromatic carbocycles. The van der Waals surface area contributed by atoms with Crippen LogP contribution in [-0.2, 0) is 4.74 Å². The number of anilines is 1. The number of rotatable bonds is 2. The number of hydrogen-bond acceptors (Lipinski definition) is 2. The van der Waals surface area contributed by atoms with E-state index in [2.05, 4.69) is 5.32 Å². The van der Waals surface area contributed by atoms with Gasteiger partial charge in [0.15, 0.2) is 0 Å². The van der Waals surface area contributed by atoms with Gasteiger partial charge in [0.1, 0.15) is 0 Å². The number of carbonyl (C=O) groups is 1. The van der Waals surface area contributed by atoms with Crippen LogP contribution in [-0.4, -0.2) is 12.2 Å². The van der Waals surface area contributed by atoms with E-state index in [9.17, 15) is 4.79 Å². The van der Waals surface area contributed by atoms with Gasteiger partial charge in [-0.25, -0.2) is 4.79 Å². The normalized spacial score (nSPS) is 10.0. The van der Waals surface area contributed by atoms with Gasteiger partial charge in [0, 0.05) is 5.69 Å². The molecule has 3 heteroatoms. The highest BCUT2D eigenvalue weighted by Gasteiger charge is 2.04. The molecule has 1 rings (SSSR count). The van der Waals surface area contributed by atoms with E-state index in [0.29, 0.717) is 0 Å². The molecule has 0 saturated carbocycles. The molecule has 0 radical (unpaired) electrons. The lowest BCUT2D eigenvalue weighted by Gasteiger charge is -2.09. The highest BCUT2D eigenvalue weighted by atomic mass is 16.6. The maximum absolute atomic E-state index is 11.2. The summed E-state index contributed by atoms with van der Waals surface area (Å²) < 4.78 is 4.93. The Morgan fingerprint density at radius 3 is 2.36 bits per heavy atom. The van der Waals surface area contributed by atoms with E-state index in [1.807, 2.05) is 45.0 Å². The Morgan fingerprint density at radius 1 is 1.29 bits per heavy atom. The predicted molar refractivity (Wildman–Crippen MR) is 56.4 cm³/mol. The Balaban J connectivity index is 2.52. The fourth-order valence-corrected chi connectivity index (χ4v) is 0.998. The lowest BCUT2D eigenvalue weighted by molar-refractivity contribution is 0.130. The van der Waals surface area contributed by atoms with Crippen molar-refractivity contribution in [3.8, 4) is 0 Å². The summed E-state index contributed by atoms with van der Waals surface area (Å²) in [5, 5.41) is 2.64. The van der Waals surface area contributed by atoms with Gasteiger partial charge < -0.3 is 4.74 Å². The highest BCUT2D eigenvalue weighted by Crippen LogP contribution is 2.09. The minimum Gasteiger partial charge on any atom is -0.447 e. The zero-order valence-corrected chi connectivity index (χ0v) is 8.70. The molecule has 1 amide bonds. The molecule has 76 valence electrons. The summed E-state index contributed by atoms with van der Waals surface area (Å²) in [5.74, 6) is 0. The molecule has 3 nitrogen and oxygen atoms in total. The van der Waals surface area contributed by atoms with Crippen LogP contribution in [0.5, 0.6) is 0 Å². The second kappa shape index (κ2) is 4.65. The van der Waals surface area contributed by atoms with Crippen LogP contribution >= 0.6 is 0 Å². The standard InChI is InChI=1S/C11H15NO2/c1-8(2)14-11(13)12-10-6-4-9(3)5-7-10/h4-8H,1-3H3,(H,12,13). The van der Waals surface area contributed by atoms with Gasteiger partial charge in [-0.3, -0.25) is 5.32 Å². The van der Waals surface area contributed by atoms with Crippen molar-refractivity contribution in [3.63, 3.8) is 0 Å². The molecule has 0 fully saturated rings. The maximum atomic E-state index is 11.2. The van der Waals surface area contributed by atoms with Gasteiger partial charge in [0.05, 0.1) is 6.10 Å². The van der Waals surface area contributed by atoms with Crippen LogP contribution in [0.4, 0.5) is 10.5 Å². The summed E-state index contributed by atoms with van der Waals surface area (Å²) >= 11 is 0. The van der Waals surface area contributed by atoms with Gasteiger partial charge >= 0.3 is 6.09 Å². The average molecular weight is 193 g/mol. The number of nitrogens with one attached hydrogen (secondary N) is 1. The number of aryl methyl sites for hydroxylation is 1. The zero-order chi connectivity index (χ0) is 10.6. The van der Waals surface area contributed by atoms with E-state index >= 15 is 0 Å². The number of amides is 1. The molecule has 0 saturated heterocycles. The van der Waals surface area contributed by atoms with Gasteiger partial charge in [-0.05, 0) is 32.9 Å². The quantitative estimate of drug-likeness (QED) is 0.784. The summed E-state index contributed by atoms with van der Waals surface area (Å²) in [6.45, 7) is 5.62. The molecule has 1 N–H and O–H groups in total. The van der Waals surface area contributed by atoms with Crippen LogP contribution < -0.4 is 5.32 Å². The van der Waals surface area contributed by atoms with Crippen molar-refractivity contribution in [2.24, 2.45) is 0 Å². The first-order valence-corrected chi connectivity index (χ1v) is 4.62. The minimum atomic E-state index is -0.413. The van der Waals surface area contributed by atoms with Crippen molar-refractivity contribution in [2.45, 2.75) is 26.9 Å². The lowest BCUT2D eigenvalue weighted by Crippen LogP contribution is -2.17. The molecule has 0 unspecified atom stereocenters. The Kier molecular flexibility index (Phi) is 3.51. The highest BCUT2D eigenvalue weighted by molar-refractivity contribution is 5.84. The van der Waals surface area contributed by atoms with Crippen LogP contribution in [0.3, 0.4) is 0 Å². The molecule has 14 heavy (non-hydrogen) atoms. The third kappa shape index (κ3) is 3.47. The number of benzene rings is 1. The Hall–Kier alpha value is -1.51. The van der Waals surface area contributed by atoms with Crippen molar-refractivity contribution < 1.29 is 9.53 Å². The van der Waals surface area contributed by atoms with Crippen LogP contribution in [0.15, 0.2) is 24.3 Å². The van der Waals surface area contributed by atoms with Crippen molar-refractivity contribution in [1.29, 1.82) is 0 Å². The van der Waals surface area contributed by atoms with E-state index in [-0.39, 0.29) is 6.10 Å². The Morgan fingerprint density at radius 2 is 1.86 bits per heavy atom. The molecule has 0 aliphatic rings. The fraction of sp³-hybridized carbons (Fsp3) is 0.364. The first-order chi connectivity index (χ1) is 6.58. The first kappa shape index (κ1) is 10.6. The summed E-state index contributed by atoms with van der Waals surface area (Å²) in [6.07, 6.45) is -0.510. The molecular weight excluding hydrogens is 178 g/mol. The van der Waals surface area contributed by atoms with E-state index in [4.69, 9.17) is 4.74 Å². The third-order valence-electron chi connectivity index (χ3n) is 1.64. The summed E-state index contributed by atoms with van der Waals surface area (Å²) in [6, 6.07) is 7.56. The third-order valence-corrected chi connectivity index (χ3v) is 1.64. The van der Waals surface area contributed by atoms with E-state index in [1.165, 1.54) is 0 Å². The van der Waals surface area contributed by atoms with Gasteiger partial charge in [-0.2, -0.15) is 0 Å². The van der Waals surface area contributed by atoms with Crippen molar-refractivity contribution >= 4 is 11.8 Å². The molecule has 0 heterocycles. The molecular formula is C11H15NO2. The van der Waals surface area contributed by atoms with Crippen molar-refractivity contribution in [3.05, 3.63) is 29.8 Å². The van der Waals surface area contributed by atoms with Crippen LogP contribution in [0, 0.1) is 6.92 Å². The Labute approximate surface area is 84.1 Å². The zero-order valence-electron chi connectivity index (χ0n) is 8.70. The SMILES string of the molecule is Cc1ccc(NC(=O)OC(C)C)cc1. The second-order valence-electron chi connectivity index (χ2n) is 3.45. The topological polar surface area (TPSA) is 38.3 Å². The summed E-state index contributed by atoms with van der Waals surface area (Å²) in [4.78, 5) is 11.2. The molecule has 0 bridgehead atoms. The van der Waals surface area contributed by atoms with Gasteiger partial charge in [0.25, 0.3) is 0 Å². The smallest absolute Gasteiger partial charge is 0.411 e. The van der Waals surface area contributed by atoms with Crippen molar-refractivity contribution in [1.82, 2.24) is 0 Å². The lowest BCUT2D eigenvalue weighted by atomic mass is 10.2. The second-order valence-corrected chi connectivity index (χ2v) is 3.45. The first-order valence-electron chi connectivity index (χ1n) is 4.62. The fourth-order valence-electron chi connectivity index (χ4n) is 0.998. The molecule has 0 aromatic heterocycles. The molecule has 0 spiro atoms. The van der Waals surface area contributed by atoms with Crippen LogP contribution in [0.2, 0.25) is 0 Å². The van der Waals surface area contributed by atoms with E-state index < -0.39 is 6.09 Å². The monoisotopic (exact) mass is 193 g/mol. The summed E-state index contributed by atoms with van der Waals surface area (Å²) in [7, 11) is 0. The largest absolute Gasteiger partial charge is 0.447 e. The Bertz CT molecular complexity index is 304. The minimum absolute atomic E-state index is 0.0968. The van der Waals surface area contributed by atoms with E-state index in [1.54, 1.807) is 0 Å². The molecule has 1 aromatic rings. The number of hydrogen-bond donors (Lipinski definition) is 1. The van der Waals surface area contributed by atoms with Gasteiger partial charge in [-0.1, -0.05) is 17.7 Å². The number of carbonyl (C=O) groups excluding carboxylic acids is 1. The summed E-state index contributed by atoms with van der Waals surface area (Å²) in [5.41, 5.74) is 1.91.